The Morgan fingerprint density at radius 3 is 2.11 bits per heavy atom. The Morgan fingerprint density at radius 1 is 1.04 bits per heavy atom. The molecule has 0 spiro atoms. The maximum atomic E-state index is 12.8. The molecule has 0 heterocycles. The van der Waals surface area contributed by atoms with Gasteiger partial charge in [-0.05, 0) is 48.2 Å². The number of hydrogen-bond acceptors (Lipinski definition) is 3. The van der Waals surface area contributed by atoms with Gasteiger partial charge in [0.25, 0.3) is 0 Å². The van der Waals surface area contributed by atoms with Gasteiger partial charge in [0.2, 0.25) is 15.9 Å². The second-order valence-electron chi connectivity index (χ2n) is 7.00. The normalized spacial score (nSPS) is 15.4. The summed E-state index contributed by atoms with van der Waals surface area (Å²) >= 11 is 3.42. The number of nitrogens with zero attached hydrogens (tertiary/aromatic N) is 1. The van der Waals surface area contributed by atoms with E-state index in [4.69, 9.17) is 0 Å². The summed E-state index contributed by atoms with van der Waals surface area (Å²) in [5.74, 6) is 0.0228. The minimum absolute atomic E-state index is 0.0228. The summed E-state index contributed by atoms with van der Waals surface area (Å²) < 4.78 is 27.5. The smallest absolute Gasteiger partial charge is 0.243 e. The van der Waals surface area contributed by atoms with Gasteiger partial charge < -0.3 is 5.32 Å². The van der Waals surface area contributed by atoms with Crippen molar-refractivity contribution in [1.82, 2.24) is 9.62 Å². The summed E-state index contributed by atoms with van der Waals surface area (Å²) in [5, 5.41) is 3.01. The molecule has 0 radical (unpaired) electrons. The zero-order chi connectivity index (χ0) is 20.4. The van der Waals surface area contributed by atoms with Gasteiger partial charge in [0, 0.05) is 24.1 Å². The second kappa shape index (κ2) is 8.35. The summed E-state index contributed by atoms with van der Waals surface area (Å²) in [6, 6.07) is 14.6. The van der Waals surface area contributed by atoms with E-state index >= 15 is 0 Å². The first-order chi connectivity index (χ1) is 13.3. The van der Waals surface area contributed by atoms with Crippen LogP contribution in [0, 0.1) is 0 Å². The fourth-order valence-corrected chi connectivity index (χ4v) is 5.11. The summed E-state index contributed by atoms with van der Waals surface area (Å²) in [6.45, 7) is 4.90. The lowest BCUT2D eigenvalue weighted by Crippen LogP contribution is -2.34. The third kappa shape index (κ3) is 4.16. The first-order valence-corrected chi connectivity index (χ1v) is 11.7. The van der Waals surface area contributed by atoms with Crippen molar-refractivity contribution in [3.05, 3.63) is 64.1 Å². The fourth-order valence-electron chi connectivity index (χ4n) is 3.38. The van der Waals surface area contributed by atoms with E-state index in [2.05, 4.69) is 21.2 Å². The molecule has 1 amide bonds. The van der Waals surface area contributed by atoms with Crippen molar-refractivity contribution in [2.75, 3.05) is 13.1 Å². The van der Waals surface area contributed by atoms with Crippen molar-refractivity contribution in [2.45, 2.75) is 43.5 Å². The molecular formula is C21H25BrN2O3S. The Hall–Kier alpha value is -1.70. The second-order valence-corrected chi connectivity index (χ2v) is 9.86. The SMILES string of the molecule is CCN(CC)S(=O)(=O)c1ccc(CNC(=O)C2(c3ccc(Br)cc3)CC2)cc1. The van der Waals surface area contributed by atoms with Gasteiger partial charge in [-0.2, -0.15) is 4.31 Å². The van der Waals surface area contributed by atoms with Crippen molar-refractivity contribution in [3.63, 3.8) is 0 Å². The van der Waals surface area contributed by atoms with Crippen LogP contribution in [-0.2, 0) is 26.8 Å². The maximum absolute atomic E-state index is 12.8. The van der Waals surface area contributed by atoms with Gasteiger partial charge in [-0.1, -0.05) is 54.0 Å². The fraction of sp³-hybridized carbons (Fsp3) is 0.381. The Balaban J connectivity index is 1.65. The Morgan fingerprint density at radius 2 is 1.61 bits per heavy atom. The maximum Gasteiger partial charge on any atom is 0.243 e. The molecule has 28 heavy (non-hydrogen) atoms. The van der Waals surface area contributed by atoms with E-state index in [9.17, 15) is 13.2 Å². The largest absolute Gasteiger partial charge is 0.351 e. The van der Waals surface area contributed by atoms with Crippen molar-refractivity contribution in [3.8, 4) is 0 Å². The standard InChI is InChI=1S/C21H25BrN2O3S/c1-3-24(4-2)28(26,27)19-11-5-16(6-12-19)15-23-20(25)21(13-14-21)17-7-9-18(22)10-8-17/h5-12H,3-4,13-15H2,1-2H3,(H,23,25). The molecule has 0 bridgehead atoms. The van der Waals surface area contributed by atoms with Gasteiger partial charge in [0.15, 0.2) is 0 Å². The first kappa shape index (κ1) is 21.0. The predicted molar refractivity (Wildman–Crippen MR) is 113 cm³/mol. The van der Waals surface area contributed by atoms with E-state index in [1.807, 2.05) is 38.1 Å². The van der Waals surface area contributed by atoms with Gasteiger partial charge in [0.1, 0.15) is 0 Å². The van der Waals surface area contributed by atoms with Crippen molar-refractivity contribution in [1.29, 1.82) is 0 Å². The van der Waals surface area contributed by atoms with Gasteiger partial charge >= 0.3 is 0 Å². The molecule has 2 aromatic rings. The van der Waals surface area contributed by atoms with E-state index in [1.54, 1.807) is 24.3 Å². The lowest BCUT2D eigenvalue weighted by molar-refractivity contribution is -0.123. The molecule has 1 aliphatic rings. The van der Waals surface area contributed by atoms with Crippen LogP contribution >= 0.6 is 15.9 Å². The Kier molecular flexibility index (Phi) is 6.27. The molecule has 0 atom stereocenters. The lowest BCUT2D eigenvalue weighted by atomic mass is 9.95. The molecule has 0 aromatic heterocycles. The molecule has 2 aromatic carbocycles. The Labute approximate surface area is 175 Å². The highest BCUT2D eigenvalue weighted by molar-refractivity contribution is 9.10. The number of halogens is 1. The first-order valence-electron chi connectivity index (χ1n) is 9.47. The average molecular weight is 465 g/mol. The average Bonchev–Trinajstić information content (AvgIpc) is 3.50. The monoisotopic (exact) mass is 464 g/mol. The lowest BCUT2D eigenvalue weighted by Gasteiger charge is -2.19. The van der Waals surface area contributed by atoms with Crippen molar-refractivity contribution >= 4 is 31.9 Å². The van der Waals surface area contributed by atoms with Crippen LogP contribution in [0.4, 0.5) is 0 Å². The topological polar surface area (TPSA) is 66.5 Å². The van der Waals surface area contributed by atoms with E-state index < -0.39 is 15.4 Å². The minimum Gasteiger partial charge on any atom is -0.351 e. The van der Waals surface area contributed by atoms with E-state index in [-0.39, 0.29) is 10.8 Å². The van der Waals surface area contributed by atoms with Crippen LogP contribution in [0.25, 0.3) is 0 Å². The molecular weight excluding hydrogens is 440 g/mol. The molecule has 7 heteroatoms. The third-order valence-corrected chi connectivity index (χ3v) is 7.89. The molecule has 0 saturated heterocycles. The Bertz CT molecular complexity index is 933. The molecule has 5 nitrogen and oxygen atoms in total. The number of hydrogen-bond donors (Lipinski definition) is 1. The molecule has 0 aliphatic heterocycles. The number of benzene rings is 2. The summed E-state index contributed by atoms with van der Waals surface area (Å²) in [4.78, 5) is 13.0. The minimum atomic E-state index is -3.46. The van der Waals surface area contributed by atoms with Crippen LogP contribution in [0.15, 0.2) is 57.9 Å². The molecule has 3 rings (SSSR count). The molecule has 0 unspecified atom stereocenters. The molecule has 1 fully saturated rings. The summed E-state index contributed by atoms with van der Waals surface area (Å²) in [7, 11) is -3.46. The number of sulfonamides is 1. The quantitative estimate of drug-likeness (QED) is 0.645. The van der Waals surface area contributed by atoms with Crippen LogP contribution in [-0.4, -0.2) is 31.7 Å². The van der Waals surface area contributed by atoms with Crippen LogP contribution in [0.1, 0.15) is 37.8 Å². The molecule has 1 saturated carbocycles. The van der Waals surface area contributed by atoms with Crippen LogP contribution in [0.2, 0.25) is 0 Å². The van der Waals surface area contributed by atoms with Crippen LogP contribution < -0.4 is 5.32 Å². The zero-order valence-electron chi connectivity index (χ0n) is 16.1. The van der Waals surface area contributed by atoms with Crippen molar-refractivity contribution in [2.24, 2.45) is 0 Å². The van der Waals surface area contributed by atoms with Crippen molar-refractivity contribution < 1.29 is 13.2 Å². The number of rotatable bonds is 8. The molecule has 1 aliphatic carbocycles. The third-order valence-electron chi connectivity index (χ3n) is 5.30. The summed E-state index contributed by atoms with van der Waals surface area (Å²) in [6.07, 6.45) is 1.70. The number of carbonyl (C=O) groups is 1. The zero-order valence-corrected chi connectivity index (χ0v) is 18.5. The molecule has 150 valence electrons. The van der Waals surface area contributed by atoms with Crippen LogP contribution in [0.5, 0.6) is 0 Å². The predicted octanol–water partition coefficient (Wildman–Crippen LogP) is 3.83. The van der Waals surface area contributed by atoms with E-state index in [0.717, 1.165) is 28.4 Å². The number of amides is 1. The van der Waals surface area contributed by atoms with Crippen LogP contribution in [0.3, 0.4) is 0 Å². The van der Waals surface area contributed by atoms with E-state index in [1.165, 1.54) is 4.31 Å². The summed E-state index contributed by atoms with van der Waals surface area (Å²) in [5.41, 5.74) is 1.49. The van der Waals surface area contributed by atoms with Gasteiger partial charge in [0.05, 0.1) is 10.3 Å². The highest BCUT2D eigenvalue weighted by Crippen LogP contribution is 2.48. The van der Waals surface area contributed by atoms with Gasteiger partial charge in [-0.15, -0.1) is 0 Å². The molecule has 1 N–H and O–H groups in total. The number of nitrogens with one attached hydrogen (secondary N) is 1. The van der Waals surface area contributed by atoms with Gasteiger partial charge in [-0.3, -0.25) is 4.79 Å². The highest BCUT2D eigenvalue weighted by atomic mass is 79.9. The van der Waals surface area contributed by atoms with E-state index in [0.29, 0.717) is 19.6 Å². The highest BCUT2D eigenvalue weighted by Gasteiger charge is 2.51. The van der Waals surface area contributed by atoms with Gasteiger partial charge in [-0.25, -0.2) is 8.42 Å². The number of carbonyl (C=O) groups excluding carboxylic acids is 1.